The van der Waals surface area contributed by atoms with Crippen molar-refractivity contribution in [2.24, 2.45) is 5.41 Å². The molecule has 16 heavy (non-hydrogen) atoms. The molecule has 0 aromatic rings. The summed E-state index contributed by atoms with van der Waals surface area (Å²) in [4.78, 5) is 5.04. The summed E-state index contributed by atoms with van der Waals surface area (Å²) in [6.07, 6.45) is 1.02. The van der Waals surface area contributed by atoms with Gasteiger partial charge in [0.05, 0.1) is 0 Å². The van der Waals surface area contributed by atoms with Crippen LogP contribution in [0.5, 0.6) is 0 Å². The van der Waals surface area contributed by atoms with E-state index in [0.717, 1.165) is 13.0 Å². The zero-order valence-corrected chi connectivity index (χ0v) is 11.3. The Morgan fingerprint density at radius 1 is 1.00 bits per heavy atom. The lowest BCUT2D eigenvalue weighted by molar-refractivity contribution is 0.139. The Labute approximate surface area is 101 Å². The first kappa shape index (κ1) is 13.5. The summed E-state index contributed by atoms with van der Waals surface area (Å²) in [6.45, 7) is 15.9. The van der Waals surface area contributed by atoms with Crippen LogP contribution in [0.4, 0.5) is 0 Å². The maximum Gasteiger partial charge on any atom is 0.0230 e. The van der Waals surface area contributed by atoms with Gasteiger partial charge >= 0.3 is 0 Å². The maximum absolute atomic E-state index is 3.29. The summed E-state index contributed by atoms with van der Waals surface area (Å²) in [7, 11) is 0. The van der Waals surface area contributed by atoms with Gasteiger partial charge in [-0.25, -0.2) is 0 Å². The van der Waals surface area contributed by atoms with Gasteiger partial charge in [0.25, 0.3) is 0 Å². The molecule has 0 aromatic carbocycles. The van der Waals surface area contributed by atoms with Crippen molar-refractivity contribution >= 4 is 0 Å². The van der Waals surface area contributed by atoms with Gasteiger partial charge in [0.15, 0.2) is 0 Å². The molecule has 0 N–H and O–H groups in total. The smallest absolute Gasteiger partial charge is 0.0230 e. The highest BCUT2D eigenvalue weighted by molar-refractivity contribution is 5.07. The molecular weight excluding hydrogens is 196 g/mol. The van der Waals surface area contributed by atoms with E-state index in [4.69, 9.17) is 0 Å². The van der Waals surface area contributed by atoms with Crippen molar-refractivity contribution in [1.29, 1.82) is 0 Å². The SMILES string of the molecule is CCN1CCN(CCC#CC(C)(C)C)CC1. The molecule has 0 amide bonds. The number of rotatable bonds is 3. The van der Waals surface area contributed by atoms with E-state index in [9.17, 15) is 0 Å². The molecule has 0 aliphatic carbocycles. The predicted molar refractivity (Wildman–Crippen MR) is 70.4 cm³/mol. The number of piperazine rings is 1. The molecule has 1 aliphatic rings. The highest BCUT2D eigenvalue weighted by Crippen LogP contribution is 2.10. The van der Waals surface area contributed by atoms with E-state index in [-0.39, 0.29) is 5.41 Å². The van der Waals surface area contributed by atoms with E-state index in [2.05, 4.69) is 49.3 Å². The number of hydrogen-bond acceptors (Lipinski definition) is 2. The zero-order chi connectivity index (χ0) is 12.0. The first-order chi connectivity index (χ1) is 7.51. The third-order valence-corrected chi connectivity index (χ3v) is 2.93. The molecule has 1 saturated heterocycles. The third kappa shape index (κ3) is 5.53. The molecule has 0 unspecified atom stereocenters. The molecule has 0 bridgehead atoms. The molecule has 1 aliphatic heterocycles. The van der Waals surface area contributed by atoms with Crippen molar-refractivity contribution < 1.29 is 0 Å². The van der Waals surface area contributed by atoms with Crippen LogP contribution >= 0.6 is 0 Å². The van der Waals surface area contributed by atoms with Crippen LogP contribution in [0.15, 0.2) is 0 Å². The fraction of sp³-hybridized carbons (Fsp3) is 0.857. The van der Waals surface area contributed by atoms with Crippen LogP contribution in [-0.2, 0) is 0 Å². The topological polar surface area (TPSA) is 6.48 Å². The summed E-state index contributed by atoms with van der Waals surface area (Å²) in [6, 6.07) is 0. The predicted octanol–water partition coefficient (Wildman–Crippen LogP) is 2.06. The van der Waals surface area contributed by atoms with Crippen LogP contribution in [0, 0.1) is 17.3 Å². The molecule has 0 aromatic heterocycles. The lowest BCUT2D eigenvalue weighted by atomic mass is 9.98. The first-order valence-electron chi connectivity index (χ1n) is 6.46. The van der Waals surface area contributed by atoms with Crippen LogP contribution in [0.3, 0.4) is 0 Å². The minimum absolute atomic E-state index is 0.154. The Bertz CT molecular complexity index is 246. The first-order valence-corrected chi connectivity index (χ1v) is 6.46. The summed E-state index contributed by atoms with van der Waals surface area (Å²) < 4.78 is 0. The van der Waals surface area contributed by atoms with E-state index in [0.29, 0.717) is 0 Å². The van der Waals surface area contributed by atoms with Gasteiger partial charge in [-0.3, -0.25) is 4.90 Å². The van der Waals surface area contributed by atoms with Gasteiger partial charge in [0, 0.05) is 44.6 Å². The van der Waals surface area contributed by atoms with Gasteiger partial charge in [0.2, 0.25) is 0 Å². The highest BCUT2D eigenvalue weighted by Gasteiger charge is 2.14. The van der Waals surface area contributed by atoms with Gasteiger partial charge in [-0.05, 0) is 27.3 Å². The molecule has 0 atom stereocenters. The second-order valence-electron chi connectivity index (χ2n) is 5.58. The normalized spacial score (nSPS) is 19.2. The molecule has 1 rings (SSSR count). The Morgan fingerprint density at radius 2 is 1.56 bits per heavy atom. The summed E-state index contributed by atoms with van der Waals surface area (Å²) in [5.41, 5.74) is 0.154. The van der Waals surface area contributed by atoms with Gasteiger partial charge in [-0.2, -0.15) is 0 Å². The van der Waals surface area contributed by atoms with Gasteiger partial charge in [-0.1, -0.05) is 12.8 Å². The van der Waals surface area contributed by atoms with Crippen molar-refractivity contribution in [1.82, 2.24) is 9.80 Å². The zero-order valence-electron chi connectivity index (χ0n) is 11.3. The van der Waals surface area contributed by atoms with Crippen molar-refractivity contribution in [2.45, 2.75) is 34.1 Å². The van der Waals surface area contributed by atoms with E-state index < -0.39 is 0 Å². The molecule has 1 fully saturated rings. The highest BCUT2D eigenvalue weighted by atomic mass is 15.3. The Balaban J connectivity index is 2.17. The fourth-order valence-electron chi connectivity index (χ4n) is 1.87. The monoisotopic (exact) mass is 222 g/mol. The lowest BCUT2D eigenvalue weighted by Crippen LogP contribution is -2.46. The van der Waals surface area contributed by atoms with Crippen molar-refractivity contribution in [3.63, 3.8) is 0 Å². The quantitative estimate of drug-likeness (QED) is 0.675. The van der Waals surface area contributed by atoms with Gasteiger partial charge in [-0.15, -0.1) is 5.92 Å². The Hall–Kier alpha value is -0.520. The van der Waals surface area contributed by atoms with E-state index in [1.54, 1.807) is 0 Å². The molecule has 2 nitrogen and oxygen atoms in total. The van der Waals surface area contributed by atoms with Crippen LogP contribution in [0.2, 0.25) is 0 Å². The fourth-order valence-corrected chi connectivity index (χ4v) is 1.87. The van der Waals surface area contributed by atoms with Crippen molar-refractivity contribution in [3.05, 3.63) is 0 Å². The van der Waals surface area contributed by atoms with Crippen LogP contribution in [0.1, 0.15) is 34.1 Å². The van der Waals surface area contributed by atoms with Crippen LogP contribution < -0.4 is 0 Å². The number of nitrogens with zero attached hydrogens (tertiary/aromatic N) is 2. The third-order valence-electron chi connectivity index (χ3n) is 2.93. The Kier molecular flexibility index (Phi) is 5.31. The lowest BCUT2D eigenvalue weighted by Gasteiger charge is -2.33. The minimum Gasteiger partial charge on any atom is -0.301 e. The van der Waals surface area contributed by atoms with Crippen molar-refractivity contribution in [3.8, 4) is 11.8 Å². The van der Waals surface area contributed by atoms with Crippen LogP contribution in [-0.4, -0.2) is 49.1 Å². The van der Waals surface area contributed by atoms with Gasteiger partial charge < -0.3 is 4.90 Å². The molecule has 92 valence electrons. The summed E-state index contributed by atoms with van der Waals surface area (Å²) in [5, 5.41) is 0. The molecule has 1 heterocycles. The molecule has 2 heteroatoms. The standard InChI is InChI=1S/C14H26N2/c1-5-15-10-12-16(13-11-15)9-7-6-8-14(2,3)4/h5,7,9-13H2,1-4H3. The van der Waals surface area contributed by atoms with E-state index >= 15 is 0 Å². The molecule has 0 spiro atoms. The molecule has 0 radical (unpaired) electrons. The molecular formula is C14H26N2. The average Bonchev–Trinajstić information content (AvgIpc) is 2.24. The second kappa shape index (κ2) is 6.27. The second-order valence-corrected chi connectivity index (χ2v) is 5.58. The maximum atomic E-state index is 3.29. The molecule has 0 saturated carbocycles. The van der Waals surface area contributed by atoms with Gasteiger partial charge in [0.1, 0.15) is 0 Å². The summed E-state index contributed by atoms with van der Waals surface area (Å²) in [5.74, 6) is 6.59. The number of hydrogen-bond donors (Lipinski definition) is 0. The van der Waals surface area contributed by atoms with E-state index in [1.165, 1.54) is 32.7 Å². The Morgan fingerprint density at radius 3 is 2.06 bits per heavy atom. The van der Waals surface area contributed by atoms with E-state index in [1.807, 2.05) is 0 Å². The number of likely N-dealkylation sites (N-methyl/N-ethyl adjacent to an activating group) is 1. The van der Waals surface area contributed by atoms with Crippen LogP contribution in [0.25, 0.3) is 0 Å². The van der Waals surface area contributed by atoms with Crippen molar-refractivity contribution in [2.75, 3.05) is 39.3 Å². The minimum atomic E-state index is 0.154. The largest absolute Gasteiger partial charge is 0.301 e. The average molecular weight is 222 g/mol. The summed E-state index contributed by atoms with van der Waals surface area (Å²) >= 11 is 0.